The highest BCUT2D eigenvalue weighted by Crippen LogP contribution is 2.28. The lowest BCUT2D eigenvalue weighted by molar-refractivity contribution is -0.113. The normalized spacial score (nSPS) is 11.0. The Kier molecular flexibility index (Phi) is 6.01. The Morgan fingerprint density at radius 2 is 2.00 bits per heavy atom. The number of hydrogen-bond acceptors (Lipinski definition) is 7. The van der Waals surface area contributed by atoms with Crippen LogP contribution in [0.25, 0.3) is 21.6 Å². The van der Waals surface area contributed by atoms with E-state index in [1.165, 1.54) is 28.7 Å². The second-order valence-electron chi connectivity index (χ2n) is 6.61. The number of thioether (sulfide) groups is 1. The van der Waals surface area contributed by atoms with Crippen LogP contribution in [0.4, 0.5) is 5.13 Å². The van der Waals surface area contributed by atoms with Crippen LogP contribution >= 0.6 is 23.1 Å². The van der Waals surface area contributed by atoms with E-state index in [9.17, 15) is 4.79 Å². The van der Waals surface area contributed by atoms with E-state index in [2.05, 4.69) is 26.6 Å². The molecular formula is C21H21N5O2S2. The van der Waals surface area contributed by atoms with Gasteiger partial charge in [-0.3, -0.25) is 4.79 Å². The molecule has 0 radical (unpaired) electrons. The van der Waals surface area contributed by atoms with Gasteiger partial charge < -0.3 is 14.6 Å². The molecule has 7 nitrogen and oxygen atoms in total. The third kappa shape index (κ3) is 4.31. The summed E-state index contributed by atoms with van der Waals surface area (Å²) in [5.74, 6) is 1.67. The zero-order valence-corrected chi connectivity index (χ0v) is 18.5. The average Bonchev–Trinajstić information content (AvgIpc) is 3.34. The fraction of sp³-hybridized carbons (Fsp3) is 0.238. The van der Waals surface area contributed by atoms with Gasteiger partial charge in [0.15, 0.2) is 16.1 Å². The fourth-order valence-corrected chi connectivity index (χ4v) is 4.79. The van der Waals surface area contributed by atoms with Crippen molar-refractivity contribution < 1.29 is 9.53 Å². The van der Waals surface area contributed by atoms with Crippen LogP contribution in [-0.4, -0.2) is 38.5 Å². The van der Waals surface area contributed by atoms with Crippen LogP contribution in [0.5, 0.6) is 5.75 Å². The van der Waals surface area contributed by atoms with Crippen molar-refractivity contribution >= 4 is 44.4 Å². The van der Waals surface area contributed by atoms with E-state index < -0.39 is 0 Å². The van der Waals surface area contributed by atoms with Crippen LogP contribution in [0.1, 0.15) is 12.5 Å². The molecule has 0 saturated heterocycles. The van der Waals surface area contributed by atoms with Crippen molar-refractivity contribution in [2.45, 2.75) is 25.5 Å². The topological polar surface area (TPSA) is 81.9 Å². The van der Waals surface area contributed by atoms with Crippen molar-refractivity contribution in [3.63, 3.8) is 0 Å². The van der Waals surface area contributed by atoms with Gasteiger partial charge in [0.05, 0.1) is 23.1 Å². The second-order valence-corrected chi connectivity index (χ2v) is 8.58. The summed E-state index contributed by atoms with van der Waals surface area (Å²) >= 11 is 2.84. The van der Waals surface area contributed by atoms with Crippen molar-refractivity contribution in [3.8, 4) is 17.1 Å². The summed E-state index contributed by atoms with van der Waals surface area (Å²) in [5, 5.41) is 12.8. The van der Waals surface area contributed by atoms with Gasteiger partial charge in [0.2, 0.25) is 5.91 Å². The molecule has 0 aliphatic heterocycles. The molecule has 2 aromatic carbocycles. The van der Waals surface area contributed by atoms with Gasteiger partial charge in [0.1, 0.15) is 5.75 Å². The monoisotopic (exact) mass is 439 g/mol. The quantitative estimate of drug-likeness (QED) is 0.423. The van der Waals surface area contributed by atoms with Crippen LogP contribution in [-0.2, 0) is 11.3 Å². The summed E-state index contributed by atoms with van der Waals surface area (Å²) in [6.45, 7) is 4.78. The molecule has 0 atom stereocenters. The molecule has 1 amide bonds. The molecule has 1 N–H and O–H groups in total. The standard InChI is InChI=1S/C21H21N5O2S2/c1-4-26-19(14-6-8-15(28-3)9-7-14)24-25-21(26)29-12-18(27)23-20-22-16-10-5-13(2)11-17(16)30-20/h5-11H,4,12H2,1-3H3,(H,22,23,27). The minimum Gasteiger partial charge on any atom is -0.497 e. The number of nitrogens with zero attached hydrogens (tertiary/aromatic N) is 4. The van der Waals surface area contributed by atoms with E-state index in [0.717, 1.165) is 27.4 Å². The van der Waals surface area contributed by atoms with Gasteiger partial charge in [-0.1, -0.05) is 29.2 Å². The molecular weight excluding hydrogens is 418 g/mol. The maximum Gasteiger partial charge on any atom is 0.236 e. The minimum absolute atomic E-state index is 0.118. The first-order chi connectivity index (χ1) is 14.6. The highest BCUT2D eigenvalue weighted by Gasteiger charge is 2.15. The molecule has 0 spiro atoms. The predicted octanol–water partition coefficient (Wildman–Crippen LogP) is 4.62. The Morgan fingerprint density at radius 1 is 1.20 bits per heavy atom. The molecule has 30 heavy (non-hydrogen) atoms. The van der Waals surface area contributed by atoms with E-state index in [0.29, 0.717) is 16.8 Å². The summed E-state index contributed by atoms with van der Waals surface area (Å²) in [6.07, 6.45) is 0. The lowest BCUT2D eigenvalue weighted by atomic mass is 10.2. The van der Waals surface area contributed by atoms with Crippen molar-refractivity contribution in [3.05, 3.63) is 48.0 Å². The molecule has 0 bridgehead atoms. The van der Waals surface area contributed by atoms with E-state index >= 15 is 0 Å². The molecule has 4 rings (SSSR count). The van der Waals surface area contributed by atoms with E-state index in [4.69, 9.17) is 4.74 Å². The smallest absolute Gasteiger partial charge is 0.236 e. The van der Waals surface area contributed by atoms with Gasteiger partial charge in [0.25, 0.3) is 0 Å². The van der Waals surface area contributed by atoms with Crippen LogP contribution < -0.4 is 10.1 Å². The number of amides is 1. The number of thiazole rings is 1. The highest BCUT2D eigenvalue weighted by atomic mass is 32.2. The van der Waals surface area contributed by atoms with Crippen LogP contribution in [0.3, 0.4) is 0 Å². The van der Waals surface area contributed by atoms with Crippen molar-refractivity contribution in [1.29, 1.82) is 0 Å². The van der Waals surface area contributed by atoms with Gasteiger partial charge in [0, 0.05) is 12.1 Å². The van der Waals surface area contributed by atoms with E-state index in [1.54, 1.807) is 7.11 Å². The zero-order chi connectivity index (χ0) is 21.1. The van der Waals surface area contributed by atoms with Crippen molar-refractivity contribution in [2.24, 2.45) is 0 Å². The Morgan fingerprint density at radius 3 is 2.73 bits per heavy atom. The molecule has 0 saturated carbocycles. The van der Waals surface area contributed by atoms with Crippen LogP contribution in [0.2, 0.25) is 0 Å². The van der Waals surface area contributed by atoms with Gasteiger partial charge >= 0.3 is 0 Å². The zero-order valence-electron chi connectivity index (χ0n) is 16.9. The maximum absolute atomic E-state index is 12.4. The van der Waals surface area contributed by atoms with E-state index in [1.807, 2.05) is 54.8 Å². The number of benzene rings is 2. The number of ether oxygens (including phenoxy) is 1. The Balaban J connectivity index is 1.43. The number of fused-ring (bicyclic) bond motifs is 1. The molecule has 4 aromatic rings. The number of carbonyl (C=O) groups is 1. The van der Waals surface area contributed by atoms with Crippen LogP contribution in [0, 0.1) is 6.92 Å². The number of hydrogen-bond donors (Lipinski definition) is 1. The number of aryl methyl sites for hydroxylation is 1. The lowest BCUT2D eigenvalue weighted by Crippen LogP contribution is -2.14. The van der Waals surface area contributed by atoms with Crippen molar-refractivity contribution in [1.82, 2.24) is 19.7 Å². The SMILES string of the molecule is CCn1c(SCC(=O)Nc2nc3ccc(C)cc3s2)nnc1-c1ccc(OC)cc1. The summed E-state index contributed by atoms with van der Waals surface area (Å²) in [4.78, 5) is 16.9. The molecule has 2 aromatic heterocycles. The van der Waals surface area contributed by atoms with Crippen molar-refractivity contribution in [2.75, 3.05) is 18.2 Å². The largest absolute Gasteiger partial charge is 0.497 e. The second kappa shape index (κ2) is 8.85. The first-order valence-electron chi connectivity index (χ1n) is 9.45. The number of nitrogens with one attached hydrogen (secondary N) is 1. The van der Waals surface area contributed by atoms with Gasteiger partial charge in [-0.05, 0) is 55.8 Å². The Bertz CT molecular complexity index is 1180. The van der Waals surface area contributed by atoms with Gasteiger partial charge in [-0.15, -0.1) is 10.2 Å². The number of aromatic nitrogens is 4. The summed E-state index contributed by atoms with van der Waals surface area (Å²) in [6, 6.07) is 13.7. The lowest BCUT2D eigenvalue weighted by Gasteiger charge is -2.08. The number of carbonyl (C=O) groups excluding carboxylic acids is 1. The molecule has 0 unspecified atom stereocenters. The molecule has 2 heterocycles. The number of methoxy groups -OCH3 is 1. The summed E-state index contributed by atoms with van der Waals surface area (Å²) in [5.41, 5.74) is 3.01. The average molecular weight is 440 g/mol. The third-order valence-corrected chi connectivity index (χ3v) is 6.40. The molecule has 0 aliphatic carbocycles. The maximum atomic E-state index is 12.4. The molecule has 154 valence electrons. The number of rotatable bonds is 7. The van der Waals surface area contributed by atoms with Crippen LogP contribution in [0.15, 0.2) is 47.6 Å². The highest BCUT2D eigenvalue weighted by molar-refractivity contribution is 7.99. The molecule has 9 heteroatoms. The molecule has 0 aliphatic rings. The Hall–Kier alpha value is -2.91. The first kappa shape index (κ1) is 20.4. The first-order valence-corrected chi connectivity index (χ1v) is 11.2. The Labute approximate surface area is 182 Å². The molecule has 0 fully saturated rings. The summed E-state index contributed by atoms with van der Waals surface area (Å²) < 4.78 is 8.27. The summed E-state index contributed by atoms with van der Waals surface area (Å²) in [7, 11) is 1.64. The number of anilines is 1. The predicted molar refractivity (Wildman–Crippen MR) is 121 cm³/mol. The fourth-order valence-electron chi connectivity index (χ4n) is 3.00. The van der Waals surface area contributed by atoms with Gasteiger partial charge in [-0.25, -0.2) is 4.98 Å². The van der Waals surface area contributed by atoms with E-state index in [-0.39, 0.29) is 11.7 Å². The van der Waals surface area contributed by atoms with Gasteiger partial charge in [-0.2, -0.15) is 0 Å². The minimum atomic E-state index is -0.118. The third-order valence-electron chi connectivity index (χ3n) is 4.50.